The molecule has 2 N–H and O–H groups in total. The van der Waals surface area contributed by atoms with E-state index in [-0.39, 0.29) is 11.9 Å². The highest BCUT2D eigenvalue weighted by atomic mass is 79.9. The maximum absolute atomic E-state index is 12.2. The summed E-state index contributed by atoms with van der Waals surface area (Å²) in [5, 5.41) is 8.54. The van der Waals surface area contributed by atoms with Crippen LogP contribution in [-0.2, 0) is 4.79 Å². The van der Waals surface area contributed by atoms with E-state index in [1.807, 2.05) is 30.3 Å². The van der Waals surface area contributed by atoms with Crippen LogP contribution in [0.4, 0.5) is 5.69 Å². The van der Waals surface area contributed by atoms with Crippen molar-refractivity contribution < 1.29 is 4.79 Å². The quantitative estimate of drug-likeness (QED) is 0.883. The fraction of sp³-hybridized carbons (Fsp3) is 0.312. The molecule has 1 saturated heterocycles. The third kappa shape index (κ3) is 2.72. The Morgan fingerprint density at radius 3 is 2.75 bits per heavy atom. The van der Waals surface area contributed by atoms with Gasteiger partial charge in [0.1, 0.15) is 0 Å². The first-order valence-corrected chi connectivity index (χ1v) is 7.66. The van der Waals surface area contributed by atoms with Gasteiger partial charge >= 0.3 is 0 Å². The van der Waals surface area contributed by atoms with Crippen LogP contribution in [0.5, 0.6) is 0 Å². The van der Waals surface area contributed by atoms with Crippen molar-refractivity contribution in [1.29, 1.82) is 0 Å². The van der Waals surface area contributed by atoms with Gasteiger partial charge in [-0.25, -0.2) is 0 Å². The molecule has 1 heterocycles. The van der Waals surface area contributed by atoms with Crippen molar-refractivity contribution in [1.82, 2.24) is 5.32 Å². The highest BCUT2D eigenvalue weighted by Crippen LogP contribution is 2.23. The second-order valence-electron chi connectivity index (χ2n) is 5.39. The Balaban J connectivity index is 1.80. The average Bonchev–Trinajstić information content (AvgIpc) is 2.85. The van der Waals surface area contributed by atoms with Crippen molar-refractivity contribution in [3.8, 4) is 0 Å². The number of hydrogen-bond acceptors (Lipinski definition) is 2. The molecule has 0 radical (unpaired) electrons. The number of carbonyl (C=O) groups excluding carboxylic acids is 1. The van der Waals surface area contributed by atoms with Crippen LogP contribution < -0.4 is 10.6 Å². The summed E-state index contributed by atoms with van der Waals surface area (Å²) in [6, 6.07) is 12.0. The minimum Gasteiger partial charge on any atom is -0.325 e. The van der Waals surface area contributed by atoms with Gasteiger partial charge in [-0.2, -0.15) is 0 Å². The lowest BCUT2D eigenvalue weighted by atomic mass is 10.0. The van der Waals surface area contributed by atoms with Crippen molar-refractivity contribution in [2.24, 2.45) is 5.92 Å². The molecular weight excluding hydrogens is 316 g/mol. The van der Waals surface area contributed by atoms with Crippen LogP contribution in [0.1, 0.15) is 13.3 Å². The summed E-state index contributed by atoms with van der Waals surface area (Å²) >= 11 is 3.46. The number of amides is 1. The smallest absolute Gasteiger partial charge is 0.241 e. The number of rotatable bonds is 2. The lowest BCUT2D eigenvalue weighted by molar-refractivity contribution is -0.118. The molecular formula is C16H17BrN2O. The predicted octanol–water partition coefficient (Wildman–Crippen LogP) is 3.54. The van der Waals surface area contributed by atoms with E-state index in [1.165, 1.54) is 0 Å². The van der Waals surface area contributed by atoms with E-state index in [0.29, 0.717) is 5.92 Å². The largest absolute Gasteiger partial charge is 0.325 e. The maximum Gasteiger partial charge on any atom is 0.241 e. The maximum atomic E-state index is 12.2. The number of anilines is 1. The van der Waals surface area contributed by atoms with E-state index in [9.17, 15) is 4.79 Å². The lowest BCUT2D eigenvalue weighted by Gasteiger charge is -2.15. The normalized spacial score (nSPS) is 22.1. The SMILES string of the molecule is CC1CCNC1C(=O)Nc1ccc2cc(Br)ccc2c1. The number of fused-ring (bicyclic) bond motifs is 1. The highest BCUT2D eigenvalue weighted by molar-refractivity contribution is 9.10. The first-order chi connectivity index (χ1) is 9.63. The van der Waals surface area contributed by atoms with Gasteiger partial charge in [-0.3, -0.25) is 4.79 Å². The predicted molar refractivity (Wildman–Crippen MR) is 85.8 cm³/mol. The van der Waals surface area contributed by atoms with Gasteiger partial charge in [0.05, 0.1) is 6.04 Å². The molecule has 2 unspecified atom stereocenters. The summed E-state index contributed by atoms with van der Waals surface area (Å²) in [7, 11) is 0. The number of halogens is 1. The van der Waals surface area contributed by atoms with Gasteiger partial charge in [0.2, 0.25) is 5.91 Å². The van der Waals surface area contributed by atoms with E-state index in [4.69, 9.17) is 0 Å². The Kier molecular flexibility index (Phi) is 3.76. The molecule has 0 aromatic heterocycles. The molecule has 1 fully saturated rings. The molecule has 104 valence electrons. The van der Waals surface area contributed by atoms with Crippen LogP contribution in [0.15, 0.2) is 40.9 Å². The molecule has 3 nitrogen and oxygen atoms in total. The third-order valence-electron chi connectivity index (χ3n) is 3.89. The van der Waals surface area contributed by atoms with E-state index in [0.717, 1.165) is 33.9 Å². The summed E-state index contributed by atoms with van der Waals surface area (Å²) in [6.45, 7) is 3.03. The summed E-state index contributed by atoms with van der Waals surface area (Å²) in [5.41, 5.74) is 0.853. The lowest BCUT2D eigenvalue weighted by Crippen LogP contribution is -2.39. The Bertz CT molecular complexity index is 656. The van der Waals surface area contributed by atoms with Gasteiger partial charge in [0.25, 0.3) is 0 Å². The summed E-state index contributed by atoms with van der Waals surface area (Å²) in [5.74, 6) is 0.456. The molecule has 3 rings (SSSR count). The molecule has 1 aliphatic heterocycles. The Morgan fingerprint density at radius 1 is 1.25 bits per heavy atom. The summed E-state index contributed by atoms with van der Waals surface area (Å²) in [4.78, 5) is 12.2. The molecule has 1 amide bonds. The van der Waals surface area contributed by atoms with Crippen molar-refractivity contribution in [2.45, 2.75) is 19.4 Å². The van der Waals surface area contributed by atoms with Gasteiger partial charge in [-0.05, 0) is 53.9 Å². The fourth-order valence-corrected chi connectivity index (χ4v) is 3.08. The van der Waals surface area contributed by atoms with Crippen molar-refractivity contribution in [3.05, 3.63) is 40.9 Å². The van der Waals surface area contributed by atoms with E-state index in [1.54, 1.807) is 0 Å². The number of carbonyl (C=O) groups is 1. The van der Waals surface area contributed by atoms with Crippen LogP contribution in [0, 0.1) is 5.92 Å². The van der Waals surface area contributed by atoms with Crippen molar-refractivity contribution in [3.63, 3.8) is 0 Å². The monoisotopic (exact) mass is 332 g/mol. The molecule has 0 bridgehead atoms. The van der Waals surface area contributed by atoms with E-state index >= 15 is 0 Å². The summed E-state index contributed by atoms with van der Waals surface area (Å²) < 4.78 is 1.06. The fourth-order valence-electron chi connectivity index (χ4n) is 2.70. The number of hydrogen-bond donors (Lipinski definition) is 2. The van der Waals surface area contributed by atoms with E-state index in [2.05, 4.69) is 39.6 Å². The average molecular weight is 333 g/mol. The molecule has 0 aliphatic carbocycles. The van der Waals surface area contributed by atoms with Gasteiger partial charge < -0.3 is 10.6 Å². The highest BCUT2D eigenvalue weighted by Gasteiger charge is 2.29. The Morgan fingerprint density at radius 2 is 2.00 bits per heavy atom. The second kappa shape index (κ2) is 5.54. The molecule has 0 spiro atoms. The Labute approximate surface area is 126 Å². The van der Waals surface area contributed by atoms with Gasteiger partial charge in [-0.1, -0.05) is 35.0 Å². The van der Waals surface area contributed by atoms with Gasteiger partial charge in [-0.15, -0.1) is 0 Å². The van der Waals surface area contributed by atoms with Crippen molar-refractivity contribution >= 4 is 38.3 Å². The van der Waals surface area contributed by atoms with Crippen LogP contribution in [0.2, 0.25) is 0 Å². The first kappa shape index (κ1) is 13.6. The zero-order valence-corrected chi connectivity index (χ0v) is 12.9. The number of nitrogens with one attached hydrogen (secondary N) is 2. The van der Waals surface area contributed by atoms with Crippen molar-refractivity contribution in [2.75, 3.05) is 11.9 Å². The minimum atomic E-state index is -0.0735. The van der Waals surface area contributed by atoms with Crippen LogP contribution in [0.25, 0.3) is 10.8 Å². The Hall–Kier alpha value is -1.39. The summed E-state index contributed by atoms with van der Waals surface area (Å²) in [6.07, 6.45) is 1.06. The molecule has 2 atom stereocenters. The van der Waals surface area contributed by atoms with E-state index < -0.39 is 0 Å². The standard InChI is InChI=1S/C16H17BrN2O/c1-10-6-7-18-15(10)16(20)19-14-5-3-11-8-13(17)4-2-12(11)9-14/h2-5,8-10,15,18H,6-7H2,1H3,(H,19,20). The molecule has 2 aromatic rings. The molecule has 0 saturated carbocycles. The van der Waals surface area contributed by atoms with Crippen LogP contribution >= 0.6 is 15.9 Å². The molecule has 2 aromatic carbocycles. The van der Waals surface area contributed by atoms with Gasteiger partial charge in [0, 0.05) is 10.2 Å². The molecule has 20 heavy (non-hydrogen) atoms. The molecule has 4 heteroatoms. The second-order valence-corrected chi connectivity index (χ2v) is 6.31. The minimum absolute atomic E-state index is 0.0615. The first-order valence-electron chi connectivity index (χ1n) is 6.87. The van der Waals surface area contributed by atoms with Crippen LogP contribution in [-0.4, -0.2) is 18.5 Å². The topological polar surface area (TPSA) is 41.1 Å². The number of benzene rings is 2. The van der Waals surface area contributed by atoms with Gasteiger partial charge in [0.15, 0.2) is 0 Å². The zero-order chi connectivity index (χ0) is 14.1. The molecule has 1 aliphatic rings. The third-order valence-corrected chi connectivity index (χ3v) is 4.38. The van der Waals surface area contributed by atoms with Crippen LogP contribution in [0.3, 0.4) is 0 Å². The zero-order valence-electron chi connectivity index (χ0n) is 11.3.